The lowest BCUT2D eigenvalue weighted by atomic mass is 10.1. The Morgan fingerprint density at radius 1 is 1.38 bits per heavy atom. The molecule has 1 rings (SSSR count). The van der Waals surface area contributed by atoms with Crippen molar-refractivity contribution in [1.29, 1.82) is 0 Å². The molecule has 0 unspecified atom stereocenters. The third-order valence-electron chi connectivity index (χ3n) is 2.12. The number of carboxylic acids is 1. The lowest BCUT2D eigenvalue weighted by Gasteiger charge is -2.19. The maximum Gasteiger partial charge on any atom is 0.336 e. The summed E-state index contributed by atoms with van der Waals surface area (Å²) in [7, 11) is -1.68. The molecule has 0 aliphatic carbocycles. The number of aryl methyl sites for hydroxylation is 1. The Morgan fingerprint density at radius 3 is 2.44 bits per heavy atom. The van der Waals surface area contributed by atoms with Crippen LogP contribution in [0.3, 0.4) is 0 Å². The van der Waals surface area contributed by atoms with Gasteiger partial charge in [0.25, 0.3) is 0 Å². The smallest absolute Gasteiger partial charge is 0.336 e. The van der Waals surface area contributed by atoms with Gasteiger partial charge in [0.1, 0.15) is 5.75 Å². The molecule has 0 amide bonds. The van der Waals surface area contributed by atoms with Crippen molar-refractivity contribution in [2.45, 2.75) is 33.0 Å². The first kappa shape index (κ1) is 12.8. The maximum absolute atomic E-state index is 11.1. The van der Waals surface area contributed by atoms with E-state index in [1.54, 1.807) is 6.07 Å². The SMILES string of the molecule is CCc1ccc(O[Si](C)(C)C)cc1C(=O)O. The highest BCUT2D eigenvalue weighted by Crippen LogP contribution is 2.21. The molecule has 0 heterocycles. The fourth-order valence-corrected chi connectivity index (χ4v) is 2.31. The average Bonchev–Trinajstić information content (AvgIpc) is 2.15. The third-order valence-corrected chi connectivity index (χ3v) is 2.96. The third kappa shape index (κ3) is 3.38. The fourth-order valence-electron chi connectivity index (χ4n) is 1.48. The molecular weight excluding hydrogens is 220 g/mol. The van der Waals surface area contributed by atoms with Crippen LogP contribution in [0, 0.1) is 0 Å². The molecule has 0 aliphatic heterocycles. The minimum Gasteiger partial charge on any atom is -0.544 e. The number of benzene rings is 1. The van der Waals surface area contributed by atoms with E-state index in [9.17, 15) is 4.79 Å². The molecular formula is C12H18O3Si. The number of carboxylic acid groups (broad SMARTS) is 1. The minimum absolute atomic E-state index is 0.346. The molecule has 0 fully saturated rings. The van der Waals surface area contributed by atoms with Crippen LogP contribution < -0.4 is 4.43 Å². The Balaban J connectivity index is 3.07. The van der Waals surface area contributed by atoms with E-state index in [0.717, 1.165) is 12.0 Å². The second kappa shape index (κ2) is 4.70. The van der Waals surface area contributed by atoms with Crippen LogP contribution >= 0.6 is 0 Å². The Labute approximate surface area is 97.2 Å². The van der Waals surface area contributed by atoms with Gasteiger partial charge in [-0.05, 0) is 43.8 Å². The molecule has 0 spiro atoms. The van der Waals surface area contributed by atoms with Crippen LogP contribution in [0.25, 0.3) is 0 Å². The van der Waals surface area contributed by atoms with E-state index in [4.69, 9.17) is 9.53 Å². The zero-order chi connectivity index (χ0) is 12.3. The van der Waals surface area contributed by atoms with Gasteiger partial charge in [0, 0.05) is 0 Å². The molecule has 1 aromatic rings. The molecule has 0 atom stereocenters. The molecule has 88 valence electrons. The van der Waals surface area contributed by atoms with Gasteiger partial charge in [-0.15, -0.1) is 0 Å². The first-order valence-corrected chi connectivity index (χ1v) is 8.79. The topological polar surface area (TPSA) is 46.5 Å². The molecule has 1 aromatic carbocycles. The van der Waals surface area contributed by atoms with Gasteiger partial charge in [-0.3, -0.25) is 0 Å². The van der Waals surface area contributed by atoms with Crippen molar-refractivity contribution in [2.75, 3.05) is 0 Å². The number of hydrogen-bond donors (Lipinski definition) is 1. The summed E-state index contributed by atoms with van der Waals surface area (Å²) >= 11 is 0. The molecule has 4 heteroatoms. The summed E-state index contributed by atoms with van der Waals surface area (Å²) < 4.78 is 5.77. The Morgan fingerprint density at radius 2 is 2.00 bits per heavy atom. The zero-order valence-electron chi connectivity index (χ0n) is 10.2. The van der Waals surface area contributed by atoms with E-state index in [1.165, 1.54) is 0 Å². The monoisotopic (exact) mass is 238 g/mol. The van der Waals surface area contributed by atoms with Crippen molar-refractivity contribution in [3.05, 3.63) is 29.3 Å². The second-order valence-electron chi connectivity index (χ2n) is 4.69. The quantitative estimate of drug-likeness (QED) is 0.820. The lowest BCUT2D eigenvalue weighted by molar-refractivity contribution is 0.0695. The van der Waals surface area contributed by atoms with Crippen molar-refractivity contribution >= 4 is 14.3 Å². The first-order chi connectivity index (χ1) is 7.33. The van der Waals surface area contributed by atoms with Gasteiger partial charge in [-0.25, -0.2) is 4.79 Å². The van der Waals surface area contributed by atoms with E-state index < -0.39 is 14.3 Å². The van der Waals surface area contributed by atoms with Gasteiger partial charge < -0.3 is 9.53 Å². The van der Waals surface area contributed by atoms with Crippen LogP contribution in [0.5, 0.6) is 5.75 Å². The van der Waals surface area contributed by atoms with E-state index in [2.05, 4.69) is 19.6 Å². The molecule has 0 bridgehead atoms. The maximum atomic E-state index is 11.1. The van der Waals surface area contributed by atoms with Crippen molar-refractivity contribution in [1.82, 2.24) is 0 Å². The van der Waals surface area contributed by atoms with Crippen molar-refractivity contribution in [2.24, 2.45) is 0 Å². The summed E-state index contributed by atoms with van der Waals surface area (Å²) in [6.45, 7) is 8.16. The summed E-state index contributed by atoms with van der Waals surface area (Å²) in [6, 6.07) is 5.31. The van der Waals surface area contributed by atoms with Crippen LogP contribution in [-0.2, 0) is 6.42 Å². The Kier molecular flexibility index (Phi) is 3.75. The fraction of sp³-hybridized carbons (Fsp3) is 0.417. The van der Waals surface area contributed by atoms with Gasteiger partial charge in [0.15, 0.2) is 0 Å². The average molecular weight is 238 g/mol. The lowest BCUT2D eigenvalue weighted by Crippen LogP contribution is -2.29. The summed E-state index contributed by atoms with van der Waals surface area (Å²) in [5.74, 6) is -0.230. The molecule has 3 nitrogen and oxygen atoms in total. The van der Waals surface area contributed by atoms with E-state index in [-0.39, 0.29) is 0 Å². The van der Waals surface area contributed by atoms with Crippen molar-refractivity contribution in [3.63, 3.8) is 0 Å². The largest absolute Gasteiger partial charge is 0.544 e. The highest BCUT2D eigenvalue weighted by atomic mass is 28.4. The molecule has 0 saturated heterocycles. The van der Waals surface area contributed by atoms with Crippen molar-refractivity contribution < 1.29 is 14.3 Å². The van der Waals surface area contributed by atoms with Crippen molar-refractivity contribution in [3.8, 4) is 5.75 Å². The van der Waals surface area contributed by atoms with Gasteiger partial charge in [0.2, 0.25) is 8.32 Å². The Hall–Kier alpha value is -1.29. The second-order valence-corrected chi connectivity index (χ2v) is 9.12. The van der Waals surface area contributed by atoms with Gasteiger partial charge >= 0.3 is 5.97 Å². The molecule has 0 radical (unpaired) electrons. The van der Waals surface area contributed by atoms with Crippen LogP contribution in [0.4, 0.5) is 0 Å². The molecule has 0 saturated carbocycles. The first-order valence-electron chi connectivity index (χ1n) is 5.38. The highest BCUT2D eigenvalue weighted by molar-refractivity contribution is 6.70. The number of rotatable bonds is 4. The summed E-state index contributed by atoms with van der Waals surface area (Å²) in [6.07, 6.45) is 0.717. The van der Waals surface area contributed by atoms with E-state index in [0.29, 0.717) is 11.3 Å². The Bertz CT molecular complexity index is 394. The van der Waals surface area contributed by atoms with Crippen LogP contribution in [-0.4, -0.2) is 19.4 Å². The number of aromatic carboxylic acids is 1. The van der Waals surface area contributed by atoms with Crippen LogP contribution in [0.2, 0.25) is 19.6 Å². The van der Waals surface area contributed by atoms with Crippen LogP contribution in [0.15, 0.2) is 18.2 Å². The summed E-state index contributed by atoms with van der Waals surface area (Å²) in [5, 5.41) is 9.08. The summed E-state index contributed by atoms with van der Waals surface area (Å²) in [4.78, 5) is 11.1. The van der Waals surface area contributed by atoms with Crippen LogP contribution in [0.1, 0.15) is 22.8 Å². The summed E-state index contributed by atoms with van der Waals surface area (Å²) in [5.41, 5.74) is 1.19. The van der Waals surface area contributed by atoms with Gasteiger partial charge in [0.05, 0.1) is 5.56 Å². The molecule has 0 aliphatic rings. The van der Waals surface area contributed by atoms with Gasteiger partial charge in [-0.1, -0.05) is 13.0 Å². The normalized spacial score (nSPS) is 11.2. The van der Waals surface area contributed by atoms with E-state index >= 15 is 0 Å². The predicted octanol–water partition coefficient (Wildman–Crippen LogP) is 3.16. The van der Waals surface area contributed by atoms with E-state index in [1.807, 2.05) is 19.1 Å². The number of carbonyl (C=O) groups is 1. The predicted molar refractivity (Wildman–Crippen MR) is 66.8 cm³/mol. The molecule has 1 N–H and O–H groups in total. The molecule has 16 heavy (non-hydrogen) atoms. The highest BCUT2D eigenvalue weighted by Gasteiger charge is 2.18. The van der Waals surface area contributed by atoms with Gasteiger partial charge in [-0.2, -0.15) is 0 Å². The number of hydrogen-bond acceptors (Lipinski definition) is 2. The molecule has 0 aromatic heterocycles. The zero-order valence-corrected chi connectivity index (χ0v) is 11.2. The standard InChI is InChI=1S/C12H18O3Si/c1-5-9-6-7-10(15-16(2,3)4)8-11(9)12(13)14/h6-8H,5H2,1-4H3,(H,13,14). The minimum atomic E-state index is -1.68.